The van der Waals surface area contributed by atoms with Gasteiger partial charge in [0.15, 0.2) is 0 Å². The van der Waals surface area contributed by atoms with Crippen molar-refractivity contribution in [3.63, 3.8) is 0 Å². The average Bonchev–Trinajstić information content (AvgIpc) is 3.00. The van der Waals surface area contributed by atoms with Crippen LogP contribution in [0, 0.1) is 11.8 Å². The van der Waals surface area contributed by atoms with E-state index in [0.29, 0.717) is 17.9 Å². The van der Waals surface area contributed by atoms with Gasteiger partial charge in [-0.15, -0.1) is 0 Å². The lowest BCUT2D eigenvalue weighted by molar-refractivity contribution is -0.118. The normalized spacial score (nSPS) is 27.8. The summed E-state index contributed by atoms with van der Waals surface area (Å²) in [6, 6.07) is 6.44. The summed E-state index contributed by atoms with van der Waals surface area (Å²) in [6.45, 7) is 5.43. The number of anilines is 1. The molecule has 0 aliphatic carbocycles. The van der Waals surface area contributed by atoms with E-state index in [1.807, 2.05) is 18.2 Å². The van der Waals surface area contributed by atoms with E-state index in [2.05, 4.69) is 24.5 Å². The fraction of sp³-hybridized carbons (Fsp3) is 0.588. The number of fused-ring (bicyclic) bond motifs is 1. The number of amides is 1. The third-order valence-electron chi connectivity index (χ3n) is 4.62. The molecule has 0 saturated carbocycles. The van der Waals surface area contributed by atoms with Crippen LogP contribution in [0.5, 0.6) is 5.75 Å². The Morgan fingerprint density at radius 1 is 1.38 bits per heavy atom. The molecule has 21 heavy (non-hydrogen) atoms. The van der Waals surface area contributed by atoms with E-state index >= 15 is 0 Å². The molecule has 4 nitrogen and oxygen atoms in total. The summed E-state index contributed by atoms with van der Waals surface area (Å²) in [5, 5.41) is 6.59. The second-order valence-electron chi connectivity index (χ2n) is 6.65. The van der Waals surface area contributed by atoms with Crippen LogP contribution in [-0.2, 0) is 4.79 Å². The predicted molar refractivity (Wildman–Crippen MR) is 83.7 cm³/mol. The molecule has 1 amide bonds. The van der Waals surface area contributed by atoms with E-state index in [4.69, 9.17) is 4.74 Å². The molecule has 4 heteroatoms. The van der Waals surface area contributed by atoms with Gasteiger partial charge in [0, 0.05) is 17.8 Å². The van der Waals surface area contributed by atoms with E-state index in [-0.39, 0.29) is 11.8 Å². The molecule has 3 atom stereocenters. The Balaban J connectivity index is 1.77. The van der Waals surface area contributed by atoms with Gasteiger partial charge in [-0.05, 0) is 42.9 Å². The van der Waals surface area contributed by atoms with E-state index in [9.17, 15) is 4.79 Å². The van der Waals surface area contributed by atoms with Gasteiger partial charge in [0.2, 0.25) is 5.91 Å². The molecule has 2 unspecified atom stereocenters. The van der Waals surface area contributed by atoms with Crippen LogP contribution in [0.2, 0.25) is 0 Å². The Hall–Kier alpha value is -1.55. The molecule has 0 radical (unpaired) electrons. The number of nitrogens with one attached hydrogen (secondary N) is 2. The van der Waals surface area contributed by atoms with E-state index in [1.54, 1.807) is 7.11 Å². The van der Waals surface area contributed by atoms with Crippen molar-refractivity contribution >= 4 is 11.6 Å². The average molecular weight is 288 g/mol. The van der Waals surface area contributed by atoms with Gasteiger partial charge in [-0.1, -0.05) is 19.9 Å². The van der Waals surface area contributed by atoms with Crippen molar-refractivity contribution < 1.29 is 9.53 Å². The van der Waals surface area contributed by atoms with Crippen LogP contribution < -0.4 is 15.4 Å². The zero-order chi connectivity index (χ0) is 15.0. The lowest BCUT2D eigenvalue weighted by atomic mass is 9.84. The Bertz CT molecular complexity index is 542. The molecule has 2 aliphatic rings. The highest BCUT2D eigenvalue weighted by Gasteiger charge is 2.40. The maximum absolute atomic E-state index is 12.4. The summed E-state index contributed by atoms with van der Waals surface area (Å²) >= 11 is 0. The highest BCUT2D eigenvalue weighted by Crippen LogP contribution is 2.42. The fourth-order valence-corrected chi connectivity index (χ4v) is 3.71. The molecule has 1 aromatic carbocycles. The molecule has 114 valence electrons. The lowest BCUT2D eigenvalue weighted by Crippen LogP contribution is -2.24. The summed E-state index contributed by atoms with van der Waals surface area (Å²) in [7, 11) is 1.65. The number of benzene rings is 1. The summed E-state index contributed by atoms with van der Waals surface area (Å²) in [6.07, 6.45) is 2.27. The van der Waals surface area contributed by atoms with Crippen molar-refractivity contribution in [3.8, 4) is 5.75 Å². The third-order valence-corrected chi connectivity index (χ3v) is 4.62. The molecule has 1 fully saturated rings. The number of carbonyl (C=O) groups is 1. The molecule has 2 heterocycles. The third kappa shape index (κ3) is 2.77. The van der Waals surface area contributed by atoms with Crippen LogP contribution >= 0.6 is 0 Å². The highest BCUT2D eigenvalue weighted by molar-refractivity contribution is 6.03. The van der Waals surface area contributed by atoms with E-state index in [0.717, 1.165) is 30.0 Å². The van der Waals surface area contributed by atoms with Crippen LogP contribution in [0.1, 0.15) is 38.2 Å². The minimum atomic E-state index is -0.0180. The van der Waals surface area contributed by atoms with Crippen LogP contribution in [0.3, 0.4) is 0 Å². The first-order valence-corrected chi connectivity index (χ1v) is 7.80. The minimum Gasteiger partial charge on any atom is -0.497 e. The van der Waals surface area contributed by atoms with Crippen LogP contribution in [-0.4, -0.2) is 25.6 Å². The summed E-state index contributed by atoms with van der Waals surface area (Å²) in [4.78, 5) is 12.4. The smallest absolute Gasteiger partial charge is 0.232 e. The molecule has 3 rings (SSSR count). The first-order chi connectivity index (χ1) is 10.1. The number of methoxy groups -OCH3 is 1. The minimum absolute atomic E-state index is 0.0180. The van der Waals surface area contributed by atoms with Crippen molar-refractivity contribution in [2.24, 2.45) is 11.8 Å². The van der Waals surface area contributed by atoms with Gasteiger partial charge < -0.3 is 15.4 Å². The maximum Gasteiger partial charge on any atom is 0.232 e. The number of ether oxygens (including phenoxy) is 1. The van der Waals surface area contributed by atoms with Crippen molar-refractivity contribution in [1.29, 1.82) is 0 Å². The monoisotopic (exact) mass is 288 g/mol. The zero-order valence-electron chi connectivity index (χ0n) is 13.0. The second kappa shape index (κ2) is 5.68. The van der Waals surface area contributed by atoms with E-state index in [1.165, 1.54) is 6.42 Å². The molecule has 2 N–H and O–H groups in total. The molecule has 0 spiro atoms. The van der Waals surface area contributed by atoms with Crippen molar-refractivity contribution in [1.82, 2.24) is 5.32 Å². The van der Waals surface area contributed by atoms with Crippen molar-refractivity contribution in [2.45, 2.75) is 38.6 Å². The Morgan fingerprint density at radius 3 is 2.90 bits per heavy atom. The van der Waals surface area contributed by atoms with Crippen LogP contribution in [0.15, 0.2) is 18.2 Å². The molecular weight excluding hydrogens is 264 g/mol. The Labute approximate surface area is 126 Å². The van der Waals surface area contributed by atoms with Gasteiger partial charge in [0.05, 0.1) is 13.0 Å². The summed E-state index contributed by atoms with van der Waals surface area (Å²) in [5.74, 6) is 1.99. The van der Waals surface area contributed by atoms with Gasteiger partial charge in [0.1, 0.15) is 5.75 Å². The van der Waals surface area contributed by atoms with Crippen molar-refractivity contribution in [2.75, 3.05) is 19.0 Å². The topological polar surface area (TPSA) is 50.4 Å². The number of rotatable bonds is 4. The molecule has 0 bridgehead atoms. The van der Waals surface area contributed by atoms with Crippen LogP contribution in [0.4, 0.5) is 5.69 Å². The fourth-order valence-electron chi connectivity index (χ4n) is 3.71. The summed E-state index contributed by atoms with van der Waals surface area (Å²) < 4.78 is 5.23. The first kappa shape index (κ1) is 14.4. The molecule has 1 saturated heterocycles. The predicted octanol–water partition coefficient (Wildman–Crippen LogP) is 2.76. The van der Waals surface area contributed by atoms with Gasteiger partial charge in [0.25, 0.3) is 0 Å². The molecule has 0 aromatic heterocycles. The molecule has 2 aliphatic heterocycles. The largest absolute Gasteiger partial charge is 0.497 e. The van der Waals surface area contributed by atoms with Gasteiger partial charge >= 0.3 is 0 Å². The number of carbonyl (C=O) groups excluding carboxylic acids is 1. The number of hydrogen-bond acceptors (Lipinski definition) is 3. The lowest BCUT2D eigenvalue weighted by Gasteiger charge is -2.17. The van der Waals surface area contributed by atoms with E-state index < -0.39 is 0 Å². The SMILES string of the molecule is COc1ccc2c(c1)NC(=O)C2C1CN[C@@H](CC(C)C)C1. The van der Waals surface area contributed by atoms with Gasteiger partial charge in [-0.2, -0.15) is 0 Å². The first-order valence-electron chi connectivity index (χ1n) is 7.80. The number of hydrogen-bond donors (Lipinski definition) is 2. The van der Waals surface area contributed by atoms with Crippen LogP contribution in [0.25, 0.3) is 0 Å². The maximum atomic E-state index is 12.4. The van der Waals surface area contributed by atoms with Crippen molar-refractivity contribution in [3.05, 3.63) is 23.8 Å². The van der Waals surface area contributed by atoms with Gasteiger partial charge in [-0.3, -0.25) is 4.79 Å². The Morgan fingerprint density at radius 2 is 2.19 bits per heavy atom. The standard InChI is InChI=1S/C17H24N2O2/c1-10(2)6-12-7-11(9-18-12)16-14-5-4-13(21-3)8-15(14)19-17(16)20/h4-5,8,10-12,16,18H,6-7,9H2,1-3H3,(H,19,20)/t11?,12-,16?/m0/s1. The molecule has 1 aromatic rings. The second-order valence-corrected chi connectivity index (χ2v) is 6.65. The quantitative estimate of drug-likeness (QED) is 0.895. The zero-order valence-corrected chi connectivity index (χ0v) is 13.0. The summed E-state index contributed by atoms with van der Waals surface area (Å²) in [5.41, 5.74) is 2.04. The van der Waals surface area contributed by atoms with Gasteiger partial charge in [-0.25, -0.2) is 0 Å². The molecular formula is C17H24N2O2. The Kier molecular flexibility index (Phi) is 3.89. The highest BCUT2D eigenvalue weighted by atomic mass is 16.5.